The second-order valence-corrected chi connectivity index (χ2v) is 9.56. The van der Waals surface area contributed by atoms with Crippen LogP contribution in [-0.4, -0.2) is 66.1 Å². The Hall–Kier alpha value is -3.62. The molecule has 0 radical (unpaired) electrons. The summed E-state index contributed by atoms with van der Waals surface area (Å²) < 4.78 is 16.6. The number of nitrogens with zero attached hydrogens (tertiary/aromatic N) is 4. The van der Waals surface area contributed by atoms with Crippen LogP contribution in [0.25, 0.3) is 11.1 Å². The van der Waals surface area contributed by atoms with Crippen molar-refractivity contribution in [1.29, 1.82) is 0 Å². The summed E-state index contributed by atoms with van der Waals surface area (Å²) >= 11 is 0. The van der Waals surface area contributed by atoms with E-state index in [0.29, 0.717) is 60.2 Å². The zero-order valence-electron chi connectivity index (χ0n) is 21.0. The van der Waals surface area contributed by atoms with Gasteiger partial charge in [-0.1, -0.05) is 32.9 Å². The van der Waals surface area contributed by atoms with E-state index in [4.69, 9.17) is 13.9 Å². The number of piperazine rings is 1. The molecule has 0 aliphatic carbocycles. The minimum atomic E-state index is -0.457. The van der Waals surface area contributed by atoms with Crippen molar-refractivity contribution in [3.8, 4) is 5.75 Å². The highest BCUT2D eigenvalue weighted by Crippen LogP contribution is 2.32. The fourth-order valence-corrected chi connectivity index (χ4v) is 4.17. The van der Waals surface area contributed by atoms with E-state index < -0.39 is 5.97 Å². The number of ether oxygens (including phenoxy) is 2. The minimum absolute atomic E-state index is 0.0133. The van der Waals surface area contributed by atoms with Crippen molar-refractivity contribution >= 4 is 28.8 Å². The molecule has 9 heteroatoms. The third-order valence-electron chi connectivity index (χ3n) is 6.14. The zero-order valence-corrected chi connectivity index (χ0v) is 21.0. The molecule has 1 saturated heterocycles. The lowest BCUT2D eigenvalue weighted by molar-refractivity contribution is -0.133. The summed E-state index contributed by atoms with van der Waals surface area (Å²) in [5.74, 6) is 1.21. The van der Waals surface area contributed by atoms with Crippen LogP contribution in [0, 0.1) is 6.92 Å². The third kappa shape index (κ3) is 5.23. The molecular weight excluding hydrogens is 448 g/mol. The summed E-state index contributed by atoms with van der Waals surface area (Å²) in [4.78, 5) is 37.7. The van der Waals surface area contributed by atoms with E-state index >= 15 is 0 Å². The lowest BCUT2D eigenvalue weighted by Crippen LogP contribution is -2.50. The Morgan fingerprint density at radius 3 is 2.37 bits per heavy atom. The molecule has 1 aromatic carbocycles. The van der Waals surface area contributed by atoms with Crippen LogP contribution >= 0.6 is 0 Å². The molecule has 35 heavy (non-hydrogen) atoms. The predicted octanol–water partition coefficient (Wildman–Crippen LogP) is 3.73. The van der Waals surface area contributed by atoms with Crippen molar-refractivity contribution in [1.82, 2.24) is 14.9 Å². The van der Waals surface area contributed by atoms with Gasteiger partial charge >= 0.3 is 5.97 Å². The van der Waals surface area contributed by atoms with Gasteiger partial charge in [0.1, 0.15) is 29.2 Å². The number of anilines is 1. The number of rotatable bonds is 6. The van der Waals surface area contributed by atoms with Crippen molar-refractivity contribution in [3.05, 3.63) is 47.5 Å². The SMILES string of the molecule is CCOC(=O)c1c(C)oc2ncnc(N3CCN(C(=O)COc4ccc(C(C)(C)C)cc4)CC3)c12. The molecule has 0 spiro atoms. The van der Waals surface area contributed by atoms with Crippen molar-refractivity contribution < 1.29 is 23.5 Å². The fourth-order valence-electron chi connectivity index (χ4n) is 4.17. The molecule has 0 N–H and O–H groups in total. The number of hydrogen-bond donors (Lipinski definition) is 0. The van der Waals surface area contributed by atoms with Crippen molar-refractivity contribution in [2.75, 3.05) is 44.3 Å². The highest BCUT2D eigenvalue weighted by molar-refractivity contribution is 6.07. The number of amides is 1. The Morgan fingerprint density at radius 1 is 1.06 bits per heavy atom. The van der Waals surface area contributed by atoms with Crippen LogP contribution in [-0.2, 0) is 14.9 Å². The third-order valence-corrected chi connectivity index (χ3v) is 6.14. The van der Waals surface area contributed by atoms with E-state index in [2.05, 4.69) is 30.7 Å². The second-order valence-electron chi connectivity index (χ2n) is 9.56. The van der Waals surface area contributed by atoms with Gasteiger partial charge in [0.05, 0.1) is 12.0 Å². The molecule has 0 bridgehead atoms. The molecule has 0 unspecified atom stereocenters. The van der Waals surface area contributed by atoms with E-state index in [0.717, 1.165) is 0 Å². The summed E-state index contributed by atoms with van der Waals surface area (Å²) in [6.45, 7) is 12.3. The van der Waals surface area contributed by atoms with Crippen LogP contribution in [0.1, 0.15) is 49.4 Å². The van der Waals surface area contributed by atoms with Gasteiger partial charge in [-0.2, -0.15) is 0 Å². The number of hydrogen-bond acceptors (Lipinski definition) is 8. The summed E-state index contributed by atoms with van der Waals surface area (Å²) in [5, 5.41) is 0.547. The molecule has 1 amide bonds. The zero-order chi connectivity index (χ0) is 25.2. The van der Waals surface area contributed by atoms with Crippen LogP contribution in [0.4, 0.5) is 5.82 Å². The van der Waals surface area contributed by atoms with Gasteiger partial charge in [-0.25, -0.2) is 14.8 Å². The van der Waals surface area contributed by atoms with Gasteiger partial charge < -0.3 is 23.7 Å². The first-order chi connectivity index (χ1) is 16.7. The van der Waals surface area contributed by atoms with Gasteiger partial charge in [-0.05, 0) is 37.0 Å². The summed E-state index contributed by atoms with van der Waals surface area (Å²) in [5.41, 5.74) is 1.97. The van der Waals surface area contributed by atoms with Gasteiger partial charge in [0.2, 0.25) is 5.71 Å². The van der Waals surface area contributed by atoms with Crippen molar-refractivity contribution in [2.24, 2.45) is 0 Å². The Bertz CT molecular complexity index is 1200. The van der Waals surface area contributed by atoms with Crippen LogP contribution in [0.3, 0.4) is 0 Å². The van der Waals surface area contributed by atoms with Gasteiger partial charge in [0.25, 0.3) is 5.91 Å². The number of benzene rings is 1. The Kier molecular flexibility index (Phi) is 6.95. The maximum absolute atomic E-state index is 12.8. The Morgan fingerprint density at radius 2 is 1.74 bits per heavy atom. The highest BCUT2D eigenvalue weighted by atomic mass is 16.5. The smallest absolute Gasteiger partial charge is 0.342 e. The van der Waals surface area contributed by atoms with Crippen LogP contribution in [0.2, 0.25) is 0 Å². The van der Waals surface area contributed by atoms with Crippen LogP contribution in [0.5, 0.6) is 5.75 Å². The molecule has 1 fully saturated rings. The number of esters is 1. The van der Waals surface area contributed by atoms with E-state index in [-0.39, 0.29) is 24.5 Å². The molecule has 186 valence electrons. The van der Waals surface area contributed by atoms with E-state index in [1.165, 1.54) is 11.9 Å². The maximum Gasteiger partial charge on any atom is 0.342 e. The van der Waals surface area contributed by atoms with Gasteiger partial charge in [0, 0.05) is 26.2 Å². The second kappa shape index (κ2) is 9.93. The molecule has 1 aliphatic heterocycles. The first kappa shape index (κ1) is 24.5. The number of carbonyl (C=O) groups excluding carboxylic acids is 2. The number of aromatic nitrogens is 2. The van der Waals surface area contributed by atoms with Gasteiger partial charge in [-0.3, -0.25) is 4.79 Å². The molecule has 4 rings (SSSR count). The first-order valence-corrected chi connectivity index (χ1v) is 11.9. The number of carbonyl (C=O) groups is 2. The average molecular weight is 481 g/mol. The lowest BCUT2D eigenvalue weighted by Gasteiger charge is -2.35. The molecule has 3 heterocycles. The van der Waals surface area contributed by atoms with Crippen LogP contribution in [0.15, 0.2) is 35.0 Å². The maximum atomic E-state index is 12.8. The number of furan rings is 1. The standard InChI is InChI=1S/C26H32N4O5/c1-6-33-25(32)21-17(2)35-24-22(21)23(27-16-28-24)30-13-11-29(12-14-30)20(31)15-34-19-9-7-18(8-10-19)26(3,4)5/h7-10,16H,6,11-15H2,1-5H3. The predicted molar refractivity (Wildman–Crippen MR) is 132 cm³/mol. The number of fused-ring (bicyclic) bond motifs is 1. The molecular formula is C26H32N4O5. The van der Waals surface area contributed by atoms with Gasteiger partial charge in [0.15, 0.2) is 6.61 Å². The van der Waals surface area contributed by atoms with Crippen molar-refractivity contribution in [3.63, 3.8) is 0 Å². The Balaban J connectivity index is 1.40. The molecule has 0 saturated carbocycles. The summed E-state index contributed by atoms with van der Waals surface area (Å²) in [6, 6.07) is 7.87. The average Bonchev–Trinajstić information content (AvgIpc) is 3.18. The molecule has 0 atom stereocenters. The lowest BCUT2D eigenvalue weighted by atomic mass is 9.87. The largest absolute Gasteiger partial charge is 0.484 e. The topological polar surface area (TPSA) is 98.0 Å². The van der Waals surface area contributed by atoms with Crippen molar-refractivity contribution in [2.45, 2.75) is 40.0 Å². The molecule has 9 nitrogen and oxygen atoms in total. The van der Waals surface area contributed by atoms with E-state index in [1.807, 2.05) is 29.2 Å². The Labute approximate surface area is 205 Å². The quantitative estimate of drug-likeness (QED) is 0.492. The summed E-state index contributed by atoms with van der Waals surface area (Å²) in [7, 11) is 0. The fraction of sp³-hybridized carbons (Fsp3) is 0.462. The van der Waals surface area contributed by atoms with Gasteiger partial charge in [-0.15, -0.1) is 0 Å². The van der Waals surface area contributed by atoms with E-state index in [1.54, 1.807) is 18.7 Å². The normalized spacial score (nSPS) is 14.3. The minimum Gasteiger partial charge on any atom is -0.484 e. The monoisotopic (exact) mass is 480 g/mol. The molecule has 2 aromatic heterocycles. The van der Waals surface area contributed by atoms with E-state index in [9.17, 15) is 9.59 Å². The highest BCUT2D eigenvalue weighted by Gasteiger charge is 2.28. The summed E-state index contributed by atoms with van der Waals surface area (Å²) in [6.07, 6.45) is 1.42. The molecule has 1 aliphatic rings. The molecule has 3 aromatic rings. The van der Waals surface area contributed by atoms with Crippen LogP contribution < -0.4 is 9.64 Å². The number of aryl methyl sites for hydroxylation is 1. The first-order valence-electron chi connectivity index (χ1n) is 11.9.